The molecule has 1 aromatic heterocycles. The first-order chi connectivity index (χ1) is 14.9. The maximum atomic E-state index is 13.0. The third-order valence-corrected chi connectivity index (χ3v) is 6.11. The van der Waals surface area contributed by atoms with E-state index in [9.17, 15) is 9.59 Å². The topological polar surface area (TPSA) is 95.0 Å². The average molecular weight is 433 g/mol. The molecule has 8 heteroatoms. The second-order valence-electron chi connectivity index (χ2n) is 9.03. The number of carboxylic acids is 1. The second-order valence-corrected chi connectivity index (χ2v) is 9.03. The highest BCUT2D eigenvalue weighted by molar-refractivity contribution is 5.96. The van der Waals surface area contributed by atoms with E-state index < -0.39 is 5.97 Å². The summed E-state index contributed by atoms with van der Waals surface area (Å²) in [7, 11) is 3.94. The van der Waals surface area contributed by atoms with Crippen molar-refractivity contribution in [3.8, 4) is 5.88 Å². The molecular weight excluding hydrogens is 396 g/mol. The van der Waals surface area contributed by atoms with E-state index in [1.165, 1.54) is 6.42 Å². The summed E-state index contributed by atoms with van der Waals surface area (Å²) in [5.41, 5.74) is 0.465. The van der Waals surface area contributed by atoms with Crippen molar-refractivity contribution in [2.45, 2.75) is 57.4 Å². The molecule has 1 aliphatic carbocycles. The standard InChI is InChI=1S/C23H36N4O4/c1-26(2)13-14-31-23-19(22(30)24-18-8-4-3-5-9-18)10-11-20(25-23)27-12-6-7-17(16-27)15-21(28)29/h10-11,17-18H,3-9,12-16H2,1-2H3,(H,24,30)(H,28,29)/t17-/m0/s1. The van der Waals surface area contributed by atoms with E-state index in [4.69, 9.17) is 14.8 Å². The van der Waals surface area contributed by atoms with Gasteiger partial charge in [-0.15, -0.1) is 0 Å². The van der Waals surface area contributed by atoms with Gasteiger partial charge < -0.3 is 25.0 Å². The number of ether oxygens (including phenoxy) is 1. The van der Waals surface area contributed by atoms with Crippen molar-refractivity contribution < 1.29 is 19.4 Å². The minimum Gasteiger partial charge on any atom is -0.481 e. The number of piperidine rings is 1. The molecule has 2 N–H and O–H groups in total. The van der Waals surface area contributed by atoms with Crippen LogP contribution < -0.4 is 15.0 Å². The minimum atomic E-state index is -0.762. The maximum Gasteiger partial charge on any atom is 0.303 e. The van der Waals surface area contributed by atoms with Gasteiger partial charge in [0.1, 0.15) is 18.0 Å². The molecule has 0 spiro atoms. The molecule has 3 rings (SSSR count). The normalized spacial score (nSPS) is 20.0. The third-order valence-electron chi connectivity index (χ3n) is 6.11. The Labute approximate surface area is 185 Å². The number of rotatable bonds is 9. The number of nitrogens with one attached hydrogen (secondary N) is 1. The molecule has 0 unspecified atom stereocenters. The number of carbonyl (C=O) groups excluding carboxylic acids is 1. The Balaban J connectivity index is 1.75. The van der Waals surface area contributed by atoms with Crippen molar-refractivity contribution in [3.05, 3.63) is 17.7 Å². The number of aromatic nitrogens is 1. The summed E-state index contributed by atoms with van der Waals surface area (Å²) >= 11 is 0. The molecule has 1 aromatic rings. The van der Waals surface area contributed by atoms with E-state index in [1.807, 2.05) is 25.1 Å². The molecule has 1 aliphatic heterocycles. The zero-order valence-electron chi connectivity index (χ0n) is 18.8. The molecule has 0 radical (unpaired) electrons. The van der Waals surface area contributed by atoms with Gasteiger partial charge in [0.15, 0.2) is 0 Å². The summed E-state index contributed by atoms with van der Waals surface area (Å²) in [5, 5.41) is 12.3. The van der Waals surface area contributed by atoms with Crippen molar-refractivity contribution >= 4 is 17.7 Å². The summed E-state index contributed by atoms with van der Waals surface area (Å²) in [4.78, 5) is 32.9. The van der Waals surface area contributed by atoms with Crippen molar-refractivity contribution in [1.29, 1.82) is 0 Å². The van der Waals surface area contributed by atoms with Crippen LogP contribution in [0.1, 0.15) is 61.7 Å². The molecular formula is C23H36N4O4. The Kier molecular flexibility index (Phi) is 8.51. The summed E-state index contributed by atoms with van der Waals surface area (Å²) in [6.07, 6.45) is 7.60. The van der Waals surface area contributed by atoms with E-state index in [0.717, 1.165) is 57.4 Å². The summed E-state index contributed by atoms with van der Waals surface area (Å²) in [6, 6.07) is 3.87. The maximum absolute atomic E-state index is 13.0. The molecule has 0 bridgehead atoms. The first kappa shape index (κ1) is 23.3. The smallest absolute Gasteiger partial charge is 0.303 e. The summed E-state index contributed by atoms with van der Waals surface area (Å²) < 4.78 is 5.95. The van der Waals surface area contributed by atoms with Gasteiger partial charge in [-0.1, -0.05) is 19.3 Å². The number of likely N-dealkylation sites (N-methyl/N-ethyl adjacent to an activating group) is 1. The first-order valence-electron chi connectivity index (χ1n) is 11.5. The number of carboxylic acid groups (broad SMARTS) is 1. The van der Waals surface area contributed by atoms with Crippen LogP contribution in [0.5, 0.6) is 5.88 Å². The van der Waals surface area contributed by atoms with Crippen LogP contribution in [0.3, 0.4) is 0 Å². The zero-order valence-corrected chi connectivity index (χ0v) is 18.8. The highest BCUT2D eigenvalue weighted by atomic mass is 16.5. The predicted molar refractivity (Wildman–Crippen MR) is 120 cm³/mol. The first-order valence-corrected chi connectivity index (χ1v) is 11.5. The lowest BCUT2D eigenvalue weighted by Gasteiger charge is -2.33. The Morgan fingerprint density at radius 2 is 1.97 bits per heavy atom. The van der Waals surface area contributed by atoms with Crippen molar-refractivity contribution in [2.75, 3.05) is 45.2 Å². The fourth-order valence-electron chi connectivity index (χ4n) is 4.41. The van der Waals surface area contributed by atoms with Gasteiger partial charge >= 0.3 is 5.97 Å². The molecule has 1 saturated carbocycles. The Bertz CT molecular complexity index is 749. The number of carbonyl (C=O) groups is 2. The fraction of sp³-hybridized carbons (Fsp3) is 0.696. The van der Waals surface area contributed by atoms with E-state index in [1.54, 1.807) is 6.07 Å². The Morgan fingerprint density at radius 3 is 2.68 bits per heavy atom. The highest BCUT2D eigenvalue weighted by Crippen LogP contribution is 2.27. The van der Waals surface area contributed by atoms with Crippen molar-refractivity contribution in [2.24, 2.45) is 5.92 Å². The van der Waals surface area contributed by atoms with Crippen LogP contribution in [-0.4, -0.2) is 73.2 Å². The van der Waals surface area contributed by atoms with Crippen molar-refractivity contribution in [1.82, 2.24) is 15.2 Å². The largest absolute Gasteiger partial charge is 0.481 e. The molecule has 1 saturated heterocycles. The molecule has 2 heterocycles. The fourth-order valence-corrected chi connectivity index (χ4v) is 4.41. The second kappa shape index (κ2) is 11.3. The van der Waals surface area contributed by atoms with Gasteiger partial charge in [-0.25, -0.2) is 0 Å². The van der Waals surface area contributed by atoms with Crippen molar-refractivity contribution in [3.63, 3.8) is 0 Å². The zero-order chi connectivity index (χ0) is 22.2. The van der Waals surface area contributed by atoms with Crippen LogP contribution in [0.2, 0.25) is 0 Å². The quantitative estimate of drug-likeness (QED) is 0.619. The molecule has 1 amide bonds. The molecule has 8 nitrogen and oxygen atoms in total. The predicted octanol–water partition coefficient (Wildman–Crippen LogP) is 2.78. The number of anilines is 1. The Hall–Kier alpha value is -2.35. The number of pyridine rings is 1. The number of hydrogen-bond donors (Lipinski definition) is 2. The summed E-state index contributed by atoms with van der Waals surface area (Å²) in [6.45, 7) is 2.65. The van der Waals surface area contributed by atoms with E-state index in [-0.39, 0.29) is 24.3 Å². The van der Waals surface area contributed by atoms with Gasteiger partial charge in [0.25, 0.3) is 5.91 Å². The molecule has 31 heavy (non-hydrogen) atoms. The van der Waals surface area contributed by atoms with E-state index in [2.05, 4.69) is 10.2 Å². The van der Waals surface area contributed by atoms with Crippen LogP contribution in [-0.2, 0) is 4.79 Å². The van der Waals surface area contributed by atoms with Gasteiger partial charge in [-0.2, -0.15) is 4.98 Å². The van der Waals surface area contributed by atoms with E-state index >= 15 is 0 Å². The lowest BCUT2D eigenvalue weighted by Crippen LogP contribution is -2.38. The molecule has 172 valence electrons. The third kappa shape index (κ3) is 7.09. The van der Waals surface area contributed by atoms with Crippen LogP contribution in [0.4, 0.5) is 5.82 Å². The lowest BCUT2D eigenvalue weighted by molar-refractivity contribution is -0.138. The van der Waals surface area contributed by atoms with Crippen LogP contribution in [0, 0.1) is 5.92 Å². The number of nitrogens with zero attached hydrogens (tertiary/aromatic N) is 3. The molecule has 1 atom stereocenters. The molecule has 0 aromatic carbocycles. The monoisotopic (exact) mass is 432 g/mol. The van der Waals surface area contributed by atoms with Crippen LogP contribution >= 0.6 is 0 Å². The van der Waals surface area contributed by atoms with Crippen LogP contribution in [0.25, 0.3) is 0 Å². The highest BCUT2D eigenvalue weighted by Gasteiger charge is 2.25. The van der Waals surface area contributed by atoms with Gasteiger partial charge in [-0.3, -0.25) is 9.59 Å². The lowest BCUT2D eigenvalue weighted by atomic mass is 9.95. The Morgan fingerprint density at radius 1 is 1.19 bits per heavy atom. The van der Waals surface area contributed by atoms with Gasteiger partial charge in [-0.05, 0) is 57.8 Å². The molecule has 2 aliphatic rings. The van der Waals surface area contributed by atoms with Gasteiger partial charge in [0.2, 0.25) is 5.88 Å². The van der Waals surface area contributed by atoms with Gasteiger partial charge in [0, 0.05) is 32.1 Å². The molecule has 2 fully saturated rings. The van der Waals surface area contributed by atoms with Gasteiger partial charge in [0.05, 0.1) is 0 Å². The van der Waals surface area contributed by atoms with E-state index in [0.29, 0.717) is 24.6 Å². The minimum absolute atomic E-state index is 0.112. The number of hydrogen-bond acceptors (Lipinski definition) is 6. The average Bonchev–Trinajstić information content (AvgIpc) is 2.74. The number of amides is 1. The van der Waals surface area contributed by atoms with Crippen LogP contribution in [0.15, 0.2) is 12.1 Å². The SMILES string of the molecule is CN(C)CCOc1nc(N2CCC[C@@H](CC(=O)O)C2)ccc1C(=O)NC1CCCCC1. The number of aliphatic carboxylic acids is 1. The summed E-state index contributed by atoms with van der Waals surface area (Å²) in [5.74, 6) is 0.313.